The predicted octanol–water partition coefficient (Wildman–Crippen LogP) is 7.76. The Morgan fingerprint density at radius 2 is 1.03 bits per heavy atom. The van der Waals surface area contributed by atoms with E-state index in [0.717, 1.165) is 17.3 Å². The lowest BCUT2D eigenvalue weighted by Gasteiger charge is -2.45. The van der Waals surface area contributed by atoms with Crippen molar-refractivity contribution in [1.29, 1.82) is 0 Å². The van der Waals surface area contributed by atoms with Crippen molar-refractivity contribution in [3.8, 4) is 0 Å². The molecule has 0 radical (unpaired) electrons. The molecular formula is C29H56N2. The van der Waals surface area contributed by atoms with E-state index in [1.165, 1.54) is 96.8 Å². The van der Waals surface area contributed by atoms with Crippen LogP contribution in [0.4, 0.5) is 0 Å². The fourth-order valence-electron chi connectivity index (χ4n) is 7.33. The van der Waals surface area contributed by atoms with E-state index in [0.29, 0.717) is 16.5 Å². The Kier molecular flexibility index (Phi) is 7.95. The highest BCUT2D eigenvalue weighted by molar-refractivity contribution is 4.98. The second-order valence-corrected chi connectivity index (χ2v) is 14.0. The van der Waals surface area contributed by atoms with Crippen LogP contribution in [-0.4, -0.2) is 47.1 Å². The van der Waals surface area contributed by atoms with Gasteiger partial charge >= 0.3 is 0 Å². The van der Waals surface area contributed by atoms with Crippen molar-refractivity contribution in [2.45, 2.75) is 137 Å². The maximum atomic E-state index is 2.70. The Hall–Kier alpha value is -0.0800. The van der Waals surface area contributed by atoms with Gasteiger partial charge in [-0.3, -0.25) is 9.80 Å². The number of likely N-dealkylation sites (tertiary alicyclic amines) is 2. The van der Waals surface area contributed by atoms with E-state index in [2.05, 4.69) is 65.2 Å². The third-order valence-corrected chi connectivity index (χ3v) is 9.92. The fourth-order valence-corrected chi connectivity index (χ4v) is 7.33. The van der Waals surface area contributed by atoms with Crippen LogP contribution in [0.2, 0.25) is 0 Å². The van der Waals surface area contributed by atoms with Gasteiger partial charge in [0.2, 0.25) is 0 Å². The molecule has 3 atom stereocenters. The van der Waals surface area contributed by atoms with Crippen molar-refractivity contribution in [2.75, 3.05) is 26.2 Å². The minimum atomic E-state index is 0.379. The highest BCUT2D eigenvalue weighted by Crippen LogP contribution is 2.51. The molecule has 2 saturated heterocycles. The summed E-state index contributed by atoms with van der Waals surface area (Å²) in [6, 6.07) is 0. The van der Waals surface area contributed by atoms with Crippen molar-refractivity contribution in [2.24, 2.45) is 22.7 Å². The molecule has 2 aliphatic carbocycles. The normalized spacial score (nSPS) is 34.5. The van der Waals surface area contributed by atoms with Crippen LogP contribution in [0.15, 0.2) is 0 Å². The van der Waals surface area contributed by atoms with E-state index in [-0.39, 0.29) is 0 Å². The van der Waals surface area contributed by atoms with E-state index < -0.39 is 0 Å². The molecule has 2 spiro atoms. The summed E-state index contributed by atoms with van der Waals surface area (Å²) < 4.78 is 0. The molecule has 4 aliphatic rings. The average molecular weight is 433 g/mol. The van der Waals surface area contributed by atoms with Gasteiger partial charge in [-0.15, -0.1) is 0 Å². The SMILES string of the molecule is CCC1CCC2(CCN(C(C)(C)C)C2)C1.CCC1CCC2(CCN(C(C)(C)C)CC2)C1. The van der Waals surface area contributed by atoms with Gasteiger partial charge in [-0.2, -0.15) is 0 Å². The summed E-state index contributed by atoms with van der Waals surface area (Å²) in [7, 11) is 0. The van der Waals surface area contributed by atoms with Crippen LogP contribution in [0.5, 0.6) is 0 Å². The molecule has 182 valence electrons. The molecule has 2 aliphatic heterocycles. The van der Waals surface area contributed by atoms with Gasteiger partial charge in [-0.1, -0.05) is 26.7 Å². The Bertz CT molecular complexity index is 560. The van der Waals surface area contributed by atoms with E-state index in [1.54, 1.807) is 0 Å². The van der Waals surface area contributed by atoms with Gasteiger partial charge in [-0.25, -0.2) is 0 Å². The standard InChI is InChI=1S/C15H29N.C14H27N/c1-5-13-6-7-15(12-13)8-10-16(11-9-15)14(2,3)4;1-5-12-6-7-14(10-12)8-9-15(11-14)13(2,3)4/h13H,5-12H2,1-4H3;12H,5-11H2,1-4H3. The largest absolute Gasteiger partial charge is 0.298 e. The van der Waals surface area contributed by atoms with Crippen LogP contribution < -0.4 is 0 Å². The Balaban J connectivity index is 0.000000176. The summed E-state index contributed by atoms with van der Waals surface area (Å²) in [6.07, 6.45) is 16.2. The minimum Gasteiger partial charge on any atom is -0.298 e. The first-order valence-corrected chi connectivity index (χ1v) is 13.9. The number of rotatable bonds is 2. The zero-order chi connectivity index (χ0) is 22.9. The first kappa shape index (κ1) is 25.5. The molecule has 0 aromatic carbocycles. The van der Waals surface area contributed by atoms with E-state index in [4.69, 9.17) is 0 Å². The molecule has 2 nitrogen and oxygen atoms in total. The molecule has 0 bridgehead atoms. The molecule has 0 N–H and O–H groups in total. The molecule has 0 amide bonds. The van der Waals surface area contributed by atoms with Gasteiger partial charge in [0, 0.05) is 17.6 Å². The van der Waals surface area contributed by atoms with Crippen LogP contribution in [-0.2, 0) is 0 Å². The molecule has 2 heterocycles. The lowest BCUT2D eigenvalue weighted by Crippen LogP contribution is -2.48. The molecule has 4 fully saturated rings. The number of nitrogens with zero attached hydrogens (tertiary/aromatic N) is 2. The Morgan fingerprint density at radius 3 is 1.45 bits per heavy atom. The van der Waals surface area contributed by atoms with Crippen LogP contribution in [0.25, 0.3) is 0 Å². The highest BCUT2D eigenvalue weighted by atomic mass is 15.2. The molecule has 0 aromatic heterocycles. The summed E-state index contributed by atoms with van der Waals surface area (Å²) in [5, 5.41) is 0. The van der Waals surface area contributed by atoms with Crippen LogP contribution in [0, 0.1) is 22.7 Å². The summed E-state index contributed by atoms with van der Waals surface area (Å²) >= 11 is 0. The Labute approximate surface area is 195 Å². The van der Waals surface area contributed by atoms with Gasteiger partial charge in [0.05, 0.1) is 0 Å². The van der Waals surface area contributed by atoms with E-state index in [9.17, 15) is 0 Å². The van der Waals surface area contributed by atoms with E-state index >= 15 is 0 Å². The van der Waals surface area contributed by atoms with E-state index in [1.807, 2.05) is 0 Å². The number of piperidine rings is 1. The maximum absolute atomic E-state index is 2.70. The van der Waals surface area contributed by atoms with Crippen molar-refractivity contribution >= 4 is 0 Å². The lowest BCUT2D eigenvalue weighted by molar-refractivity contribution is 0.0435. The minimum absolute atomic E-state index is 0.379. The zero-order valence-corrected chi connectivity index (χ0v) is 22.7. The lowest BCUT2D eigenvalue weighted by atomic mass is 9.75. The molecule has 2 heteroatoms. The fraction of sp³-hybridized carbons (Fsp3) is 1.00. The smallest absolute Gasteiger partial charge is 0.0125 e. The van der Waals surface area contributed by atoms with Crippen LogP contribution in [0.1, 0.15) is 126 Å². The quantitative estimate of drug-likeness (QED) is 0.440. The second-order valence-electron chi connectivity index (χ2n) is 14.0. The summed E-state index contributed by atoms with van der Waals surface area (Å²) in [4.78, 5) is 5.38. The topological polar surface area (TPSA) is 6.48 Å². The molecule has 3 unspecified atom stereocenters. The monoisotopic (exact) mass is 432 g/mol. The van der Waals surface area contributed by atoms with Crippen molar-refractivity contribution < 1.29 is 0 Å². The summed E-state index contributed by atoms with van der Waals surface area (Å²) in [5.41, 5.74) is 2.23. The van der Waals surface area contributed by atoms with Gasteiger partial charge in [0.15, 0.2) is 0 Å². The van der Waals surface area contributed by atoms with Crippen molar-refractivity contribution in [3.05, 3.63) is 0 Å². The summed E-state index contributed by atoms with van der Waals surface area (Å²) in [5.74, 6) is 2.08. The first-order chi connectivity index (χ1) is 14.4. The zero-order valence-electron chi connectivity index (χ0n) is 22.7. The average Bonchev–Trinajstić information content (AvgIpc) is 3.41. The number of hydrogen-bond acceptors (Lipinski definition) is 2. The third kappa shape index (κ3) is 6.28. The van der Waals surface area contributed by atoms with Gasteiger partial charge in [0.1, 0.15) is 0 Å². The molecule has 0 aromatic rings. The third-order valence-electron chi connectivity index (χ3n) is 9.92. The van der Waals surface area contributed by atoms with Crippen molar-refractivity contribution in [3.63, 3.8) is 0 Å². The predicted molar refractivity (Wildman–Crippen MR) is 137 cm³/mol. The van der Waals surface area contributed by atoms with Gasteiger partial charge < -0.3 is 0 Å². The first-order valence-electron chi connectivity index (χ1n) is 13.9. The van der Waals surface area contributed by atoms with Crippen LogP contribution >= 0.6 is 0 Å². The molecule has 2 saturated carbocycles. The second kappa shape index (κ2) is 9.65. The Morgan fingerprint density at radius 1 is 0.613 bits per heavy atom. The number of hydrogen-bond donors (Lipinski definition) is 0. The van der Waals surface area contributed by atoms with Gasteiger partial charge in [0.25, 0.3) is 0 Å². The van der Waals surface area contributed by atoms with Crippen molar-refractivity contribution in [1.82, 2.24) is 9.80 Å². The van der Waals surface area contributed by atoms with Crippen LogP contribution in [0.3, 0.4) is 0 Å². The highest BCUT2D eigenvalue weighted by Gasteiger charge is 2.45. The molecule has 31 heavy (non-hydrogen) atoms. The van der Waals surface area contributed by atoms with Gasteiger partial charge in [-0.05, 0) is 142 Å². The molecule has 4 rings (SSSR count). The maximum Gasteiger partial charge on any atom is 0.0125 e. The molecular weight excluding hydrogens is 376 g/mol. The summed E-state index contributed by atoms with van der Waals surface area (Å²) in [6.45, 7) is 24.2.